The number of hydrogen-bond donors (Lipinski definition) is 2. The molecule has 11 heteroatoms. The highest BCUT2D eigenvalue weighted by Crippen LogP contribution is 2.47. The van der Waals surface area contributed by atoms with E-state index < -0.39 is 40.0 Å². The monoisotopic (exact) mass is 629 g/mol. The third-order valence-corrected chi connectivity index (χ3v) is 9.22. The first-order valence-corrected chi connectivity index (χ1v) is 16.5. The summed E-state index contributed by atoms with van der Waals surface area (Å²) in [6.45, 7) is 2.14. The van der Waals surface area contributed by atoms with Crippen molar-refractivity contribution in [2.45, 2.75) is 63.3 Å². The summed E-state index contributed by atoms with van der Waals surface area (Å²) >= 11 is 13.0. The number of sulfonamides is 1. The highest BCUT2D eigenvalue weighted by Gasteiger charge is 2.49. The van der Waals surface area contributed by atoms with Gasteiger partial charge in [-0.3, -0.25) is 14.4 Å². The highest BCUT2D eigenvalue weighted by atomic mass is 35.5. The number of hydroxylamine groups is 1. The van der Waals surface area contributed by atoms with Crippen molar-refractivity contribution in [3.63, 3.8) is 0 Å². The van der Waals surface area contributed by atoms with Gasteiger partial charge in [-0.1, -0.05) is 90.1 Å². The molecular weight excluding hydrogens is 597 g/mol. The van der Waals surface area contributed by atoms with E-state index >= 15 is 0 Å². The molecule has 0 aromatic heterocycles. The van der Waals surface area contributed by atoms with Gasteiger partial charge >= 0.3 is 0 Å². The Morgan fingerprint density at radius 1 is 1.00 bits per heavy atom. The molecule has 1 fully saturated rings. The van der Waals surface area contributed by atoms with E-state index in [0.29, 0.717) is 39.6 Å². The Morgan fingerprint density at radius 2 is 1.71 bits per heavy atom. The van der Waals surface area contributed by atoms with Gasteiger partial charge < -0.3 is 4.90 Å². The second kappa shape index (κ2) is 12.7. The molecule has 2 amide bonds. The summed E-state index contributed by atoms with van der Waals surface area (Å²) in [6.07, 6.45) is 3.84. The van der Waals surface area contributed by atoms with E-state index in [2.05, 4.69) is 10.2 Å². The molecule has 3 aromatic rings. The predicted octanol–water partition coefficient (Wildman–Crippen LogP) is 5.69. The Balaban J connectivity index is 1.58. The van der Waals surface area contributed by atoms with E-state index in [1.54, 1.807) is 47.4 Å². The molecule has 8 nitrogen and oxygen atoms in total. The van der Waals surface area contributed by atoms with Gasteiger partial charge in [0.1, 0.15) is 0 Å². The number of nitrogens with one attached hydrogen (secondary N) is 2. The van der Waals surface area contributed by atoms with Crippen LogP contribution in [0.3, 0.4) is 0 Å². The van der Waals surface area contributed by atoms with E-state index in [0.717, 1.165) is 30.2 Å². The number of benzene rings is 3. The Kier molecular flexibility index (Phi) is 9.25. The van der Waals surface area contributed by atoms with Crippen molar-refractivity contribution in [1.82, 2.24) is 15.1 Å². The SMILES string of the molecule is Cc1ccc(CONC(=O)[C@@H]2c3ccccc3C(=O)N([C@H]3CCCC[C@@H]3NS(C)(=O)=O)[C@H]2c2ccc(Cl)cc2Cl)cc1. The molecule has 1 aliphatic carbocycles. The zero-order chi connectivity index (χ0) is 30.0. The average molecular weight is 631 g/mol. The normalized spacial score (nSPS) is 22.5. The summed E-state index contributed by atoms with van der Waals surface area (Å²) in [7, 11) is -3.57. The van der Waals surface area contributed by atoms with Crippen LogP contribution in [0, 0.1) is 6.92 Å². The largest absolute Gasteiger partial charge is 0.326 e. The number of fused-ring (bicyclic) bond motifs is 1. The van der Waals surface area contributed by atoms with Crippen LogP contribution in [0.5, 0.6) is 0 Å². The number of rotatable bonds is 8. The first-order chi connectivity index (χ1) is 20.0. The smallest absolute Gasteiger partial charge is 0.255 e. The summed E-state index contributed by atoms with van der Waals surface area (Å²) < 4.78 is 27.4. The molecule has 1 saturated carbocycles. The van der Waals surface area contributed by atoms with Crippen LogP contribution in [-0.4, -0.2) is 43.5 Å². The zero-order valence-electron chi connectivity index (χ0n) is 23.3. The van der Waals surface area contributed by atoms with Crippen LogP contribution < -0.4 is 10.2 Å². The van der Waals surface area contributed by atoms with Gasteiger partial charge in [0, 0.05) is 27.7 Å². The molecule has 42 heavy (non-hydrogen) atoms. The Labute approximate surface area is 256 Å². The van der Waals surface area contributed by atoms with Gasteiger partial charge in [0.05, 0.1) is 24.8 Å². The number of halogens is 2. The summed E-state index contributed by atoms with van der Waals surface area (Å²) in [5.74, 6) is -1.65. The number of hydrogen-bond acceptors (Lipinski definition) is 5. The molecule has 3 aromatic carbocycles. The lowest BCUT2D eigenvalue weighted by Crippen LogP contribution is -2.59. The van der Waals surface area contributed by atoms with Crippen molar-refractivity contribution < 1.29 is 22.8 Å². The fourth-order valence-electron chi connectivity index (χ4n) is 6.07. The quantitative estimate of drug-likeness (QED) is 0.311. The summed E-state index contributed by atoms with van der Waals surface area (Å²) in [6, 6.07) is 17.8. The lowest BCUT2D eigenvalue weighted by molar-refractivity contribution is -0.138. The van der Waals surface area contributed by atoms with Crippen molar-refractivity contribution in [2.75, 3.05) is 6.26 Å². The minimum atomic E-state index is -3.57. The van der Waals surface area contributed by atoms with Gasteiger partial charge in [-0.15, -0.1) is 0 Å². The number of nitrogens with zero attached hydrogens (tertiary/aromatic N) is 1. The van der Waals surface area contributed by atoms with Crippen LogP contribution in [0.15, 0.2) is 66.7 Å². The maximum absolute atomic E-state index is 14.3. The van der Waals surface area contributed by atoms with Crippen LogP contribution in [0.25, 0.3) is 0 Å². The van der Waals surface area contributed by atoms with Gasteiger partial charge in [0.25, 0.3) is 11.8 Å². The molecule has 5 rings (SSSR count). The minimum absolute atomic E-state index is 0.151. The lowest BCUT2D eigenvalue weighted by Gasteiger charge is -2.49. The number of amides is 2. The fourth-order valence-corrected chi connectivity index (χ4v) is 7.41. The van der Waals surface area contributed by atoms with Gasteiger partial charge in [-0.2, -0.15) is 0 Å². The lowest BCUT2D eigenvalue weighted by atomic mass is 9.76. The molecule has 0 unspecified atom stereocenters. The summed E-state index contributed by atoms with van der Waals surface area (Å²) in [4.78, 5) is 35.7. The van der Waals surface area contributed by atoms with E-state index in [-0.39, 0.29) is 12.5 Å². The van der Waals surface area contributed by atoms with Crippen LogP contribution in [0.1, 0.15) is 70.3 Å². The molecule has 2 aliphatic rings. The van der Waals surface area contributed by atoms with Crippen molar-refractivity contribution in [3.8, 4) is 0 Å². The average Bonchev–Trinajstić information content (AvgIpc) is 2.94. The van der Waals surface area contributed by atoms with Gasteiger partial charge in [0.2, 0.25) is 10.0 Å². The minimum Gasteiger partial charge on any atom is -0.326 e. The van der Waals surface area contributed by atoms with Gasteiger partial charge in [0.15, 0.2) is 0 Å². The summed E-state index contributed by atoms with van der Waals surface area (Å²) in [5.41, 5.74) is 6.06. The molecule has 4 atom stereocenters. The van der Waals surface area contributed by atoms with E-state index in [1.165, 1.54) is 0 Å². The number of aryl methyl sites for hydroxylation is 1. The standard InChI is InChI=1S/C31H33Cl2N3O5S/c1-19-11-13-20(14-12-19)18-41-34-30(37)28-22-7-3-4-8-23(22)31(38)36(29(28)24-16-15-21(32)17-25(24)33)27-10-6-5-9-26(27)35-42(2,39)40/h3-4,7-8,11-17,26-29,35H,5-6,9-10,18H2,1-2H3,(H,34,37)/t26-,27-,28+,29-/m0/s1. The van der Waals surface area contributed by atoms with Gasteiger partial charge in [-0.25, -0.2) is 18.6 Å². The highest BCUT2D eigenvalue weighted by molar-refractivity contribution is 7.88. The van der Waals surface area contributed by atoms with E-state index in [9.17, 15) is 18.0 Å². The van der Waals surface area contributed by atoms with Crippen LogP contribution in [0.4, 0.5) is 0 Å². The molecule has 0 saturated heterocycles. The van der Waals surface area contributed by atoms with Crippen molar-refractivity contribution in [3.05, 3.63) is 105 Å². The molecule has 1 heterocycles. The number of carbonyl (C=O) groups excluding carboxylic acids is 2. The molecule has 222 valence electrons. The van der Waals surface area contributed by atoms with Gasteiger partial charge in [-0.05, 0) is 54.7 Å². The number of carbonyl (C=O) groups is 2. The van der Waals surface area contributed by atoms with Crippen molar-refractivity contribution >= 4 is 45.0 Å². The molecule has 0 bridgehead atoms. The molecular formula is C31H33Cl2N3O5S. The predicted molar refractivity (Wildman–Crippen MR) is 163 cm³/mol. The first-order valence-electron chi connectivity index (χ1n) is 13.8. The maximum Gasteiger partial charge on any atom is 0.255 e. The third-order valence-electron chi connectivity index (χ3n) is 7.92. The topological polar surface area (TPSA) is 105 Å². The Morgan fingerprint density at radius 3 is 2.43 bits per heavy atom. The molecule has 0 spiro atoms. The van der Waals surface area contributed by atoms with Crippen LogP contribution in [-0.2, 0) is 26.3 Å². The zero-order valence-corrected chi connectivity index (χ0v) is 25.7. The fraction of sp³-hybridized carbons (Fsp3) is 0.355. The second-order valence-corrected chi connectivity index (χ2v) is 13.6. The van der Waals surface area contributed by atoms with E-state index in [1.807, 2.05) is 31.2 Å². The van der Waals surface area contributed by atoms with Crippen molar-refractivity contribution in [2.24, 2.45) is 0 Å². The van der Waals surface area contributed by atoms with Crippen LogP contribution in [0.2, 0.25) is 10.0 Å². The third kappa shape index (κ3) is 6.66. The molecule has 2 N–H and O–H groups in total. The Hall–Kier alpha value is -2.95. The first kappa shape index (κ1) is 30.5. The Bertz CT molecular complexity index is 1580. The van der Waals surface area contributed by atoms with E-state index in [4.69, 9.17) is 28.0 Å². The summed E-state index contributed by atoms with van der Waals surface area (Å²) in [5, 5.41) is 0.709. The van der Waals surface area contributed by atoms with Crippen LogP contribution >= 0.6 is 23.2 Å². The molecule has 1 aliphatic heterocycles. The van der Waals surface area contributed by atoms with Crippen molar-refractivity contribution in [1.29, 1.82) is 0 Å². The maximum atomic E-state index is 14.3. The second-order valence-electron chi connectivity index (χ2n) is 11.0. The molecule has 0 radical (unpaired) electrons.